The number of rotatable bonds is 3. The van der Waals surface area contributed by atoms with E-state index in [1.807, 2.05) is 7.05 Å². The lowest BCUT2D eigenvalue weighted by molar-refractivity contribution is 0.712. The average molecular weight is 315 g/mol. The molecule has 0 fully saturated rings. The Morgan fingerprint density at radius 3 is 2.79 bits per heavy atom. The highest BCUT2D eigenvalue weighted by molar-refractivity contribution is 7.00. The van der Waals surface area contributed by atoms with Crippen LogP contribution in [0.3, 0.4) is 0 Å². The largest absolute Gasteiger partial charge is 0.375 e. The van der Waals surface area contributed by atoms with Gasteiger partial charge in [-0.2, -0.15) is 13.8 Å². The minimum absolute atomic E-state index is 0.491. The third-order valence-corrected chi connectivity index (χ3v) is 3.79. The van der Waals surface area contributed by atoms with E-state index >= 15 is 0 Å². The van der Waals surface area contributed by atoms with Gasteiger partial charge in [-0.05, 0) is 6.07 Å². The predicted octanol–water partition coefficient (Wildman–Crippen LogP) is 2.74. The number of anilines is 1. The highest BCUT2D eigenvalue weighted by atomic mass is 35.5. The van der Waals surface area contributed by atoms with Gasteiger partial charge in [-0.3, -0.25) is 4.68 Å². The van der Waals surface area contributed by atoms with Crippen LogP contribution in [-0.2, 0) is 13.6 Å². The predicted molar refractivity (Wildman–Crippen MR) is 75.8 cm³/mol. The lowest BCUT2D eigenvalue weighted by Gasteiger charge is -2.08. The van der Waals surface area contributed by atoms with Gasteiger partial charge < -0.3 is 5.32 Å². The summed E-state index contributed by atoms with van der Waals surface area (Å²) in [5.41, 5.74) is 2.03. The molecule has 2 heterocycles. The summed E-state index contributed by atoms with van der Waals surface area (Å²) in [5, 5.41) is 8.21. The first kappa shape index (κ1) is 12.6. The molecule has 3 rings (SSSR count). The van der Waals surface area contributed by atoms with Crippen molar-refractivity contribution in [2.75, 3.05) is 5.32 Å². The van der Waals surface area contributed by atoms with E-state index in [9.17, 15) is 0 Å². The number of nitrogens with zero attached hydrogens (tertiary/aromatic N) is 5. The van der Waals surface area contributed by atoms with Crippen molar-refractivity contribution in [3.8, 4) is 0 Å². The molecule has 1 aromatic carbocycles. The number of aryl methyl sites for hydroxylation is 1. The van der Waals surface area contributed by atoms with Crippen LogP contribution in [0.5, 0.6) is 0 Å². The number of hydrogen-bond acceptors (Lipinski definition) is 6. The van der Waals surface area contributed by atoms with E-state index in [1.165, 1.54) is 6.33 Å². The van der Waals surface area contributed by atoms with Crippen LogP contribution in [0, 0.1) is 0 Å². The van der Waals surface area contributed by atoms with Gasteiger partial charge in [-0.25, -0.2) is 4.98 Å². The molecular weight excluding hydrogens is 307 g/mol. The molecule has 0 saturated heterocycles. The van der Waals surface area contributed by atoms with Gasteiger partial charge in [0.25, 0.3) is 0 Å². The number of fused-ring (bicyclic) bond motifs is 1. The smallest absolute Gasteiger partial charge is 0.145 e. The first-order valence-electron chi connectivity index (χ1n) is 5.34. The summed E-state index contributed by atoms with van der Waals surface area (Å²) in [6, 6.07) is 1.66. The normalized spacial score (nSPS) is 11.1. The number of halogens is 2. The van der Waals surface area contributed by atoms with Crippen LogP contribution in [0.25, 0.3) is 11.0 Å². The van der Waals surface area contributed by atoms with Crippen LogP contribution >= 0.6 is 34.9 Å². The zero-order chi connectivity index (χ0) is 13.4. The Labute approximate surface area is 122 Å². The van der Waals surface area contributed by atoms with Gasteiger partial charge >= 0.3 is 0 Å². The van der Waals surface area contributed by atoms with Gasteiger partial charge in [-0.1, -0.05) is 23.2 Å². The van der Waals surface area contributed by atoms with E-state index in [2.05, 4.69) is 24.1 Å². The van der Waals surface area contributed by atoms with Gasteiger partial charge in [0.05, 0.1) is 34.0 Å². The number of benzene rings is 1. The van der Waals surface area contributed by atoms with Crippen LogP contribution in [0.4, 0.5) is 5.69 Å². The molecule has 0 amide bonds. The summed E-state index contributed by atoms with van der Waals surface area (Å²) in [7, 11) is 1.83. The number of hydrogen-bond donors (Lipinski definition) is 1. The topological polar surface area (TPSA) is 68.5 Å². The van der Waals surface area contributed by atoms with Crippen LogP contribution in [-0.4, -0.2) is 23.5 Å². The summed E-state index contributed by atoms with van der Waals surface area (Å²) >= 11 is 13.4. The molecule has 0 bridgehead atoms. The van der Waals surface area contributed by atoms with E-state index < -0.39 is 0 Å². The number of aromatic nitrogens is 5. The molecule has 0 radical (unpaired) electrons. The number of nitrogens with one attached hydrogen (secondary N) is 1. The maximum atomic E-state index is 6.19. The quantitative estimate of drug-likeness (QED) is 0.805. The monoisotopic (exact) mass is 314 g/mol. The van der Waals surface area contributed by atoms with Crippen LogP contribution in [0.2, 0.25) is 10.0 Å². The molecule has 98 valence electrons. The third kappa shape index (κ3) is 2.24. The summed E-state index contributed by atoms with van der Waals surface area (Å²) in [4.78, 5) is 4.13. The molecule has 0 aliphatic heterocycles. The first-order valence-corrected chi connectivity index (χ1v) is 6.82. The molecule has 0 aliphatic rings. The molecule has 6 nitrogen and oxygen atoms in total. The molecule has 3 aromatic rings. The van der Waals surface area contributed by atoms with Crippen molar-refractivity contribution in [3.63, 3.8) is 0 Å². The Bertz CT molecular complexity index is 737. The lowest BCUT2D eigenvalue weighted by Crippen LogP contribution is -2.07. The molecule has 1 N–H and O–H groups in total. The van der Waals surface area contributed by atoms with E-state index in [0.717, 1.165) is 17.6 Å². The van der Waals surface area contributed by atoms with Crippen molar-refractivity contribution in [1.29, 1.82) is 0 Å². The Morgan fingerprint density at radius 1 is 1.26 bits per heavy atom. The van der Waals surface area contributed by atoms with Crippen molar-refractivity contribution >= 4 is 51.7 Å². The second-order valence-corrected chi connectivity index (χ2v) is 5.17. The SMILES string of the molecule is Cn1ncnc1CNc1c(Cl)cc(Cl)c2nsnc12. The Kier molecular flexibility index (Phi) is 3.26. The molecule has 0 aliphatic carbocycles. The van der Waals surface area contributed by atoms with Crippen molar-refractivity contribution in [2.45, 2.75) is 6.54 Å². The molecule has 2 aromatic heterocycles. The van der Waals surface area contributed by atoms with Gasteiger partial charge in [0.2, 0.25) is 0 Å². The van der Waals surface area contributed by atoms with E-state index in [-0.39, 0.29) is 0 Å². The first-order chi connectivity index (χ1) is 9.16. The Morgan fingerprint density at radius 2 is 2.05 bits per heavy atom. The van der Waals surface area contributed by atoms with Crippen LogP contribution < -0.4 is 5.32 Å². The third-order valence-electron chi connectivity index (χ3n) is 2.67. The van der Waals surface area contributed by atoms with Crippen LogP contribution in [0.1, 0.15) is 5.82 Å². The Hall–Kier alpha value is -1.44. The second-order valence-electron chi connectivity index (χ2n) is 3.83. The standard InChI is InChI=1S/C10H8Cl2N6S/c1-18-7(14-4-15-18)3-13-8-5(11)2-6(12)9-10(8)17-19-16-9/h2,4,13H,3H2,1H3. The second kappa shape index (κ2) is 4.92. The lowest BCUT2D eigenvalue weighted by atomic mass is 10.2. The van der Waals surface area contributed by atoms with Crippen molar-refractivity contribution in [1.82, 2.24) is 23.5 Å². The van der Waals surface area contributed by atoms with Gasteiger partial charge in [0, 0.05) is 7.05 Å². The molecule has 0 atom stereocenters. The maximum Gasteiger partial charge on any atom is 0.145 e. The minimum Gasteiger partial charge on any atom is -0.375 e. The highest BCUT2D eigenvalue weighted by Crippen LogP contribution is 2.35. The molecule has 9 heteroatoms. The fourth-order valence-electron chi connectivity index (χ4n) is 1.69. The average Bonchev–Trinajstić information content (AvgIpc) is 2.98. The fourth-order valence-corrected chi connectivity index (χ4v) is 2.87. The molecule has 0 unspecified atom stereocenters. The van der Waals surface area contributed by atoms with Gasteiger partial charge in [0.15, 0.2) is 0 Å². The molecule has 19 heavy (non-hydrogen) atoms. The summed E-state index contributed by atoms with van der Waals surface area (Å²) in [6.07, 6.45) is 1.50. The van der Waals surface area contributed by atoms with E-state index in [1.54, 1.807) is 10.7 Å². The highest BCUT2D eigenvalue weighted by Gasteiger charge is 2.14. The fraction of sp³-hybridized carbons (Fsp3) is 0.200. The van der Waals surface area contributed by atoms with Crippen molar-refractivity contribution in [3.05, 3.63) is 28.3 Å². The van der Waals surface area contributed by atoms with E-state index in [4.69, 9.17) is 23.2 Å². The maximum absolute atomic E-state index is 6.19. The molecular formula is C10H8Cl2N6S. The zero-order valence-electron chi connectivity index (χ0n) is 9.76. The summed E-state index contributed by atoms with van der Waals surface area (Å²) in [6.45, 7) is 0.491. The summed E-state index contributed by atoms with van der Waals surface area (Å²) < 4.78 is 10.1. The van der Waals surface area contributed by atoms with Crippen molar-refractivity contribution < 1.29 is 0 Å². The van der Waals surface area contributed by atoms with Gasteiger partial charge in [-0.15, -0.1) is 0 Å². The van der Waals surface area contributed by atoms with Crippen LogP contribution in [0.15, 0.2) is 12.4 Å². The van der Waals surface area contributed by atoms with Gasteiger partial charge in [0.1, 0.15) is 23.2 Å². The summed E-state index contributed by atoms with van der Waals surface area (Å²) in [5.74, 6) is 0.794. The van der Waals surface area contributed by atoms with Crippen molar-refractivity contribution in [2.24, 2.45) is 7.05 Å². The molecule has 0 saturated carbocycles. The minimum atomic E-state index is 0.491. The molecule has 0 spiro atoms. The Balaban J connectivity index is 1.97. The zero-order valence-corrected chi connectivity index (χ0v) is 12.1. The van der Waals surface area contributed by atoms with E-state index in [0.29, 0.717) is 33.3 Å².